The molecule has 0 amide bonds. The van der Waals surface area contributed by atoms with E-state index in [1.807, 2.05) is 11.3 Å². The number of rotatable bonds is 0. The molecule has 0 atom stereocenters. The lowest BCUT2D eigenvalue weighted by Crippen LogP contribution is -2.12. The van der Waals surface area contributed by atoms with Crippen LogP contribution in [0.25, 0.3) is 10.2 Å². The first kappa shape index (κ1) is 11.8. The molecule has 0 aliphatic heterocycles. The van der Waals surface area contributed by atoms with Crippen LogP contribution < -0.4 is 5.73 Å². The Morgan fingerprint density at radius 2 is 1.81 bits per heavy atom. The zero-order valence-electron chi connectivity index (χ0n) is 11.8. The van der Waals surface area contributed by atoms with Gasteiger partial charge in [0.15, 0.2) is 0 Å². The monoisotopic (exact) mass is 292 g/mol. The smallest absolute Gasteiger partial charge is 0.126 e. The molecular weight excluding hydrogens is 276 g/mol. The molecule has 0 saturated carbocycles. The molecule has 3 heteroatoms. The molecule has 0 spiro atoms. The van der Waals surface area contributed by atoms with Crippen molar-refractivity contribution < 1.29 is 0 Å². The second kappa shape index (κ2) is 4.08. The van der Waals surface area contributed by atoms with E-state index in [1.165, 1.54) is 57.5 Å². The summed E-state index contributed by atoms with van der Waals surface area (Å²) in [7, 11) is 0. The minimum Gasteiger partial charge on any atom is -0.398 e. The third-order valence-corrected chi connectivity index (χ3v) is 6.11. The van der Waals surface area contributed by atoms with Crippen molar-refractivity contribution in [2.24, 2.45) is 0 Å². The highest BCUT2D eigenvalue weighted by atomic mass is 32.1. The van der Waals surface area contributed by atoms with Gasteiger partial charge in [0.25, 0.3) is 0 Å². The number of thiophene rings is 1. The van der Waals surface area contributed by atoms with Crippen molar-refractivity contribution in [1.29, 1.82) is 0 Å². The summed E-state index contributed by atoms with van der Waals surface area (Å²) in [6, 6.07) is 8.67. The molecule has 0 bridgehead atoms. The molecule has 0 unspecified atom stereocenters. The molecule has 21 heavy (non-hydrogen) atoms. The SMILES string of the molecule is Nc1c2c(nc3sc4c(c13)CCC4)Cc1ccccc1C2. The molecule has 2 heterocycles. The molecule has 0 saturated heterocycles. The number of hydrogen-bond donors (Lipinski definition) is 1. The molecule has 3 aromatic rings. The first-order valence-electron chi connectivity index (χ1n) is 7.59. The highest BCUT2D eigenvalue weighted by Gasteiger charge is 2.25. The van der Waals surface area contributed by atoms with Gasteiger partial charge in [-0.1, -0.05) is 24.3 Å². The van der Waals surface area contributed by atoms with Gasteiger partial charge in [0.05, 0.1) is 5.69 Å². The predicted octanol–water partition coefficient (Wildman–Crippen LogP) is 3.86. The van der Waals surface area contributed by atoms with E-state index >= 15 is 0 Å². The predicted molar refractivity (Wildman–Crippen MR) is 88.1 cm³/mol. The zero-order valence-corrected chi connectivity index (χ0v) is 12.6. The van der Waals surface area contributed by atoms with Gasteiger partial charge in [-0.15, -0.1) is 11.3 Å². The van der Waals surface area contributed by atoms with Gasteiger partial charge in [0, 0.05) is 34.4 Å². The van der Waals surface area contributed by atoms with Crippen LogP contribution in [-0.2, 0) is 25.7 Å². The molecule has 2 nitrogen and oxygen atoms in total. The summed E-state index contributed by atoms with van der Waals surface area (Å²) in [6.07, 6.45) is 5.52. The van der Waals surface area contributed by atoms with Gasteiger partial charge >= 0.3 is 0 Å². The van der Waals surface area contributed by atoms with Gasteiger partial charge in [-0.3, -0.25) is 0 Å². The molecular formula is C18H16N2S. The van der Waals surface area contributed by atoms with Crippen molar-refractivity contribution >= 4 is 27.2 Å². The average molecular weight is 292 g/mol. The number of nitrogens with zero attached hydrogens (tertiary/aromatic N) is 1. The minimum atomic E-state index is 0.925. The van der Waals surface area contributed by atoms with Crippen molar-refractivity contribution in [3.05, 3.63) is 57.1 Å². The maximum Gasteiger partial charge on any atom is 0.126 e. The Hall–Kier alpha value is -1.87. The van der Waals surface area contributed by atoms with Gasteiger partial charge in [0.1, 0.15) is 4.83 Å². The molecule has 0 fully saturated rings. The van der Waals surface area contributed by atoms with Gasteiger partial charge in [-0.25, -0.2) is 4.98 Å². The van der Waals surface area contributed by atoms with Crippen LogP contribution in [0, 0.1) is 0 Å². The second-order valence-electron chi connectivity index (χ2n) is 6.11. The zero-order chi connectivity index (χ0) is 14.0. The Kier molecular flexibility index (Phi) is 2.28. The van der Waals surface area contributed by atoms with Crippen molar-refractivity contribution in [3.8, 4) is 0 Å². The molecule has 5 rings (SSSR count). The maximum absolute atomic E-state index is 6.58. The number of hydrogen-bond acceptors (Lipinski definition) is 3. The van der Waals surface area contributed by atoms with E-state index in [1.54, 1.807) is 0 Å². The van der Waals surface area contributed by atoms with E-state index in [4.69, 9.17) is 10.7 Å². The fourth-order valence-corrected chi connectivity index (χ4v) is 5.16. The van der Waals surface area contributed by atoms with Crippen LogP contribution in [-0.4, -0.2) is 4.98 Å². The minimum absolute atomic E-state index is 0.925. The van der Waals surface area contributed by atoms with Crippen LogP contribution >= 0.6 is 11.3 Å². The molecule has 0 radical (unpaired) electrons. The first-order chi connectivity index (χ1) is 10.3. The third-order valence-electron chi connectivity index (χ3n) is 4.93. The van der Waals surface area contributed by atoms with Gasteiger partial charge < -0.3 is 5.73 Å². The van der Waals surface area contributed by atoms with Crippen LogP contribution in [0.1, 0.15) is 39.2 Å². The van der Waals surface area contributed by atoms with Crippen molar-refractivity contribution in [1.82, 2.24) is 4.98 Å². The molecule has 2 aromatic heterocycles. The number of pyridine rings is 1. The average Bonchev–Trinajstić information content (AvgIpc) is 3.06. The van der Waals surface area contributed by atoms with E-state index in [9.17, 15) is 0 Å². The maximum atomic E-state index is 6.58. The van der Waals surface area contributed by atoms with Crippen LogP contribution in [0.15, 0.2) is 24.3 Å². The number of aryl methyl sites for hydroxylation is 2. The number of nitrogens with two attached hydrogens (primary N) is 1. The highest BCUT2D eigenvalue weighted by molar-refractivity contribution is 7.19. The summed E-state index contributed by atoms with van der Waals surface area (Å²) in [5, 5.41) is 1.27. The summed E-state index contributed by atoms with van der Waals surface area (Å²) in [4.78, 5) is 7.66. The Balaban J connectivity index is 1.78. The summed E-state index contributed by atoms with van der Waals surface area (Å²) in [5.74, 6) is 0. The number of fused-ring (bicyclic) bond motifs is 5. The topological polar surface area (TPSA) is 38.9 Å². The van der Waals surface area contributed by atoms with Crippen LogP contribution in [0.5, 0.6) is 0 Å². The summed E-state index contributed by atoms with van der Waals surface area (Å²) < 4.78 is 0. The van der Waals surface area contributed by atoms with E-state index in [2.05, 4.69) is 24.3 Å². The van der Waals surface area contributed by atoms with Crippen molar-refractivity contribution in [2.75, 3.05) is 5.73 Å². The van der Waals surface area contributed by atoms with E-state index in [0.717, 1.165) is 23.4 Å². The Morgan fingerprint density at radius 1 is 1.00 bits per heavy atom. The normalized spacial score (nSPS) is 15.8. The number of nitrogen functional groups attached to an aromatic ring is 1. The molecule has 2 aliphatic carbocycles. The fourth-order valence-electron chi connectivity index (χ4n) is 3.86. The van der Waals surface area contributed by atoms with E-state index in [-0.39, 0.29) is 0 Å². The Labute approximate surface area is 127 Å². The molecule has 2 N–H and O–H groups in total. The summed E-state index contributed by atoms with van der Waals surface area (Å²) in [5.41, 5.74) is 14.3. The lowest BCUT2D eigenvalue weighted by molar-refractivity contribution is 0.916. The molecule has 1 aromatic carbocycles. The summed E-state index contributed by atoms with van der Waals surface area (Å²) >= 11 is 1.86. The lowest BCUT2D eigenvalue weighted by Gasteiger charge is -2.21. The van der Waals surface area contributed by atoms with Crippen molar-refractivity contribution in [3.63, 3.8) is 0 Å². The Morgan fingerprint density at radius 3 is 2.67 bits per heavy atom. The highest BCUT2D eigenvalue weighted by Crippen LogP contribution is 2.42. The standard InChI is InChI=1S/C18H16N2S/c19-17-13-8-10-4-1-2-5-11(10)9-14(13)20-18-16(17)12-6-3-7-15(12)21-18/h1-2,4-5H,3,6-9H2,(H2,19,20). The lowest BCUT2D eigenvalue weighted by atomic mass is 9.87. The molecule has 104 valence electrons. The quantitative estimate of drug-likeness (QED) is 0.534. The van der Waals surface area contributed by atoms with E-state index in [0.29, 0.717) is 0 Å². The van der Waals surface area contributed by atoms with Crippen molar-refractivity contribution in [2.45, 2.75) is 32.1 Å². The third kappa shape index (κ3) is 1.55. The number of anilines is 1. The van der Waals surface area contributed by atoms with E-state index < -0.39 is 0 Å². The Bertz CT molecular complexity index is 892. The fraction of sp³-hybridized carbons (Fsp3) is 0.278. The number of aromatic nitrogens is 1. The number of benzene rings is 1. The molecule has 2 aliphatic rings. The summed E-state index contributed by atoms with van der Waals surface area (Å²) in [6.45, 7) is 0. The second-order valence-corrected chi connectivity index (χ2v) is 7.19. The van der Waals surface area contributed by atoms with Crippen LogP contribution in [0.4, 0.5) is 5.69 Å². The largest absolute Gasteiger partial charge is 0.398 e. The first-order valence-corrected chi connectivity index (χ1v) is 8.41. The van der Waals surface area contributed by atoms with Crippen LogP contribution in [0.2, 0.25) is 0 Å². The van der Waals surface area contributed by atoms with Gasteiger partial charge in [0.2, 0.25) is 0 Å². The van der Waals surface area contributed by atoms with Gasteiger partial charge in [-0.05, 0) is 36.0 Å². The van der Waals surface area contributed by atoms with Gasteiger partial charge in [-0.2, -0.15) is 0 Å². The van der Waals surface area contributed by atoms with Crippen LogP contribution in [0.3, 0.4) is 0 Å².